The molecule has 2 unspecified atom stereocenters. The number of rotatable bonds is 18. The molecular formula is C35H50N4O6. The van der Waals surface area contributed by atoms with Crippen molar-refractivity contribution in [1.82, 2.24) is 10.2 Å². The number of hydrogen-bond donors (Lipinski definition) is 3. The smallest absolute Gasteiger partial charge is 0.408 e. The van der Waals surface area contributed by atoms with Gasteiger partial charge in [-0.25, -0.2) is 4.79 Å². The summed E-state index contributed by atoms with van der Waals surface area (Å²) in [4.78, 5) is 54.6. The number of benzene rings is 2. The molecule has 0 aliphatic rings. The Balaban J connectivity index is 2.56. The summed E-state index contributed by atoms with van der Waals surface area (Å²) in [7, 11) is 1.56. The van der Waals surface area contributed by atoms with Crippen molar-refractivity contribution in [2.75, 3.05) is 19.0 Å². The molecule has 10 nitrogen and oxygen atoms in total. The monoisotopic (exact) mass is 622 g/mol. The van der Waals surface area contributed by atoms with Crippen LogP contribution in [-0.4, -0.2) is 54.0 Å². The maximum Gasteiger partial charge on any atom is 0.408 e. The molecule has 0 radical (unpaired) electrons. The first kappa shape index (κ1) is 36.8. The highest BCUT2D eigenvalue weighted by atomic mass is 16.6. The minimum absolute atomic E-state index is 0.0556. The minimum atomic E-state index is -1.16. The molecule has 10 heteroatoms. The number of carbonyl (C=O) groups is 4. The number of carbonyl (C=O) groups excluding carboxylic acids is 4. The van der Waals surface area contributed by atoms with E-state index in [1.54, 1.807) is 70.4 Å². The van der Waals surface area contributed by atoms with E-state index in [4.69, 9.17) is 15.2 Å². The number of unbranched alkanes of at least 4 members (excludes halogenated alkanes) is 5. The Morgan fingerprint density at radius 1 is 1.00 bits per heavy atom. The van der Waals surface area contributed by atoms with Gasteiger partial charge in [0.1, 0.15) is 23.4 Å². The van der Waals surface area contributed by atoms with Crippen molar-refractivity contribution in [1.29, 1.82) is 0 Å². The van der Waals surface area contributed by atoms with Crippen LogP contribution in [-0.2, 0) is 19.1 Å². The standard InChI is InChI=1S/C35H50N4O6/c1-7-9-10-11-12-13-23-39(33(42)29(21-22-30(36)40)38-34(43)45-35(3,4)5)31(26-16-14-15-25(8-2)24-26)32(41)37-27-17-19-28(44-6)20-18-27/h8,14-20,24,29,31H,2,7,9-13,21-23H2,1,3-6H3,(H2,36,40)(H,37,41)(H,38,43). The second-order valence-electron chi connectivity index (χ2n) is 12.0. The largest absolute Gasteiger partial charge is 0.497 e. The van der Waals surface area contributed by atoms with E-state index in [2.05, 4.69) is 24.1 Å². The zero-order chi connectivity index (χ0) is 33.4. The van der Waals surface area contributed by atoms with Gasteiger partial charge in [0, 0.05) is 18.7 Å². The Morgan fingerprint density at radius 3 is 2.27 bits per heavy atom. The number of nitrogens with zero attached hydrogens (tertiary/aromatic N) is 1. The molecule has 0 fully saturated rings. The van der Waals surface area contributed by atoms with E-state index in [9.17, 15) is 19.2 Å². The number of anilines is 1. The van der Waals surface area contributed by atoms with Gasteiger partial charge in [-0.15, -0.1) is 0 Å². The Bertz CT molecular complexity index is 1270. The van der Waals surface area contributed by atoms with Gasteiger partial charge in [0.15, 0.2) is 0 Å². The lowest BCUT2D eigenvalue weighted by Crippen LogP contribution is -2.52. The summed E-state index contributed by atoms with van der Waals surface area (Å²) in [5.41, 5.74) is 6.49. The fraction of sp³-hybridized carbons (Fsp3) is 0.486. The third-order valence-corrected chi connectivity index (χ3v) is 7.08. The molecular weight excluding hydrogens is 572 g/mol. The molecule has 0 bridgehead atoms. The van der Waals surface area contributed by atoms with E-state index in [0.717, 1.165) is 37.7 Å². The number of ether oxygens (including phenoxy) is 2. The molecule has 2 atom stereocenters. The van der Waals surface area contributed by atoms with Gasteiger partial charge in [-0.3, -0.25) is 14.4 Å². The van der Waals surface area contributed by atoms with Crippen LogP contribution in [0, 0.1) is 0 Å². The van der Waals surface area contributed by atoms with Crippen LogP contribution in [0.4, 0.5) is 10.5 Å². The lowest BCUT2D eigenvalue weighted by Gasteiger charge is -2.34. The van der Waals surface area contributed by atoms with Gasteiger partial charge in [0.25, 0.3) is 5.91 Å². The van der Waals surface area contributed by atoms with Crippen molar-refractivity contribution in [3.8, 4) is 5.75 Å². The zero-order valence-electron chi connectivity index (χ0n) is 27.4. The van der Waals surface area contributed by atoms with Gasteiger partial charge >= 0.3 is 6.09 Å². The van der Waals surface area contributed by atoms with Gasteiger partial charge in [-0.1, -0.05) is 69.9 Å². The van der Waals surface area contributed by atoms with Crippen molar-refractivity contribution in [3.05, 3.63) is 66.2 Å². The molecule has 0 aliphatic heterocycles. The summed E-state index contributed by atoms with van der Waals surface area (Å²) >= 11 is 0. The first-order valence-electron chi connectivity index (χ1n) is 15.6. The van der Waals surface area contributed by atoms with Crippen LogP contribution >= 0.6 is 0 Å². The third kappa shape index (κ3) is 13.0. The van der Waals surface area contributed by atoms with Crippen LogP contribution in [0.5, 0.6) is 5.75 Å². The normalized spacial score (nSPS) is 12.4. The summed E-state index contributed by atoms with van der Waals surface area (Å²) < 4.78 is 10.7. The first-order valence-corrected chi connectivity index (χ1v) is 15.6. The number of methoxy groups -OCH3 is 1. The van der Waals surface area contributed by atoms with Crippen molar-refractivity contribution in [3.63, 3.8) is 0 Å². The van der Waals surface area contributed by atoms with Gasteiger partial charge in [-0.2, -0.15) is 0 Å². The van der Waals surface area contributed by atoms with Crippen LogP contribution < -0.4 is 21.1 Å². The zero-order valence-corrected chi connectivity index (χ0v) is 27.4. The molecule has 246 valence electrons. The van der Waals surface area contributed by atoms with Gasteiger partial charge < -0.3 is 30.7 Å². The third-order valence-electron chi connectivity index (χ3n) is 7.08. The molecule has 4 N–H and O–H groups in total. The number of nitrogens with one attached hydrogen (secondary N) is 2. The average molecular weight is 623 g/mol. The Labute approximate surface area is 267 Å². The highest BCUT2D eigenvalue weighted by Gasteiger charge is 2.36. The number of primary amides is 1. The fourth-order valence-corrected chi connectivity index (χ4v) is 4.84. The van der Waals surface area contributed by atoms with Crippen LogP contribution in [0.25, 0.3) is 6.08 Å². The maximum atomic E-state index is 14.4. The SMILES string of the molecule is C=Cc1cccc(C(C(=O)Nc2ccc(OC)cc2)N(CCCCCCCC)C(=O)C(CCC(N)=O)NC(=O)OC(C)(C)C)c1. The molecule has 0 aromatic heterocycles. The van der Waals surface area contributed by atoms with E-state index >= 15 is 0 Å². The quantitative estimate of drug-likeness (QED) is 0.165. The van der Waals surface area contributed by atoms with Crippen LogP contribution in [0.15, 0.2) is 55.1 Å². The lowest BCUT2D eigenvalue weighted by molar-refractivity contribution is -0.141. The van der Waals surface area contributed by atoms with E-state index in [-0.39, 0.29) is 19.4 Å². The molecule has 0 aliphatic carbocycles. The highest BCUT2D eigenvalue weighted by molar-refractivity contribution is 5.99. The summed E-state index contributed by atoms with van der Waals surface area (Å²) in [6.07, 6.45) is 6.45. The molecule has 0 saturated carbocycles. The molecule has 2 aromatic carbocycles. The molecule has 2 aromatic rings. The van der Waals surface area contributed by atoms with Crippen molar-refractivity contribution < 1.29 is 28.7 Å². The number of hydrogen-bond acceptors (Lipinski definition) is 6. The van der Waals surface area contributed by atoms with Crippen LogP contribution in [0.1, 0.15) is 96.2 Å². The van der Waals surface area contributed by atoms with E-state index in [0.29, 0.717) is 23.4 Å². The van der Waals surface area contributed by atoms with E-state index in [1.807, 2.05) is 12.1 Å². The van der Waals surface area contributed by atoms with Crippen LogP contribution in [0.3, 0.4) is 0 Å². The number of alkyl carbamates (subject to hydrolysis) is 1. The average Bonchev–Trinajstić information content (AvgIpc) is 2.99. The molecule has 45 heavy (non-hydrogen) atoms. The summed E-state index contributed by atoms with van der Waals surface area (Å²) in [6, 6.07) is 11.9. The van der Waals surface area contributed by atoms with Crippen molar-refractivity contribution in [2.24, 2.45) is 5.73 Å². The van der Waals surface area contributed by atoms with Crippen molar-refractivity contribution in [2.45, 2.75) is 96.7 Å². The first-order chi connectivity index (χ1) is 21.4. The van der Waals surface area contributed by atoms with E-state index in [1.165, 1.54) is 4.90 Å². The molecule has 0 heterocycles. The van der Waals surface area contributed by atoms with Crippen molar-refractivity contribution >= 4 is 35.6 Å². The predicted octanol–water partition coefficient (Wildman–Crippen LogP) is 6.37. The van der Waals surface area contributed by atoms with Gasteiger partial charge in [0.2, 0.25) is 11.8 Å². The topological polar surface area (TPSA) is 140 Å². The van der Waals surface area contributed by atoms with E-state index < -0.39 is 41.5 Å². The van der Waals surface area contributed by atoms with Gasteiger partial charge in [-0.05, 0) is 75.1 Å². The molecule has 4 amide bonds. The summed E-state index contributed by atoms with van der Waals surface area (Å²) in [5, 5.41) is 5.58. The minimum Gasteiger partial charge on any atom is -0.497 e. The second-order valence-corrected chi connectivity index (χ2v) is 12.0. The fourth-order valence-electron chi connectivity index (χ4n) is 4.84. The highest BCUT2D eigenvalue weighted by Crippen LogP contribution is 2.27. The van der Waals surface area contributed by atoms with Crippen LogP contribution in [0.2, 0.25) is 0 Å². The Kier molecular flexibility index (Phi) is 15.1. The number of amides is 4. The van der Waals surface area contributed by atoms with Gasteiger partial charge in [0.05, 0.1) is 7.11 Å². The molecule has 0 spiro atoms. The number of nitrogens with two attached hydrogens (primary N) is 1. The molecule has 0 saturated heterocycles. The summed E-state index contributed by atoms with van der Waals surface area (Å²) in [5.74, 6) is -0.941. The maximum absolute atomic E-state index is 14.4. The predicted molar refractivity (Wildman–Crippen MR) is 178 cm³/mol. The summed E-state index contributed by atoms with van der Waals surface area (Å²) in [6.45, 7) is 11.4. The Morgan fingerprint density at radius 2 is 1.67 bits per heavy atom. The lowest BCUT2D eigenvalue weighted by atomic mass is 9.98. The second kappa shape index (κ2) is 18.5. The Hall–Kier alpha value is -4.34. The molecule has 2 rings (SSSR count).